The van der Waals surface area contributed by atoms with Crippen molar-refractivity contribution in [1.82, 2.24) is 4.98 Å². The molecule has 0 fully saturated rings. The van der Waals surface area contributed by atoms with Crippen molar-refractivity contribution in [3.8, 4) is 0 Å². The van der Waals surface area contributed by atoms with Crippen molar-refractivity contribution in [2.45, 2.75) is 6.92 Å². The third-order valence-electron chi connectivity index (χ3n) is 2.05. The monoisotopic (exact) mass is 255 g/mol. The average molecular weight is 256 g/mol. The summed E-state index contributed by atoms with van der Waals surface area (Å²) in [4.78, 5) is 14.0. The lowest BCUT2D eigenvalue weighted by atomic mass is 10.1. The van der Waals surface area contributed by atoms with E-state index in [1.165, 1.54) is 6.07 Å². The standard InChI is InChI=1S/C10H7BrFNO/c1-5-4-7-6(10(14)13-5)2-3-8(11)9(7)12/h2-4H,1H3,(H,13,14). The maximum absolute atomic E-state index is 13.6. The fraction of sp³-hybridized carbons (Fsp3) is 0.100. The van der Waals surface area contributed by atoms with Gasteiger partial charge in [-0.25, -0.2) is 4.39 Å². The number of pyridine rings is 1. The normalized spacial score (nSPS) is 10.8. The molecule has 0 saturated carbocycles. The average Bonchev–Trinajstić information content (AvgIpc) is 2.12. The van der Waals surface area contributed by atoms with Crippen molar-refractivity contribution in [2.24, 2.45) is 0 Å². The molecule has 72 valence electrons. The topological polar surface area (TPSA) is 32.9 Å². The van der Waals surface area contributed by atoms with E-state index in [-0.39, 0.29) is 5.56 Å². The predicted molar refractivity (Wildman–Crippen MR) is 57.0 cm³/mol. The van der Waals surface area contributed by atoms with Gasteiger partial charge in [-0.3, -0.25) is 4.79 Å². The van der Waals surface area contributed by atoms with Gasteiger partial charge in [0.25, 0.3) is 5.56 Å². The molecule has 0 radical (unpaired) electrons. The van der Waals surface area contributed by atoms with Gasteiger partial charge in [0.1, 0.15) is 5.82 Å². The van der Waals surface area contributed by atoms with Crippen molar-refractivity contribution >= 4 is 26.7 Å². The quantitative estimate of drug-likeness (QED) is 0.772. The van der Waals surface area contributed by atoms with E-state index in [1.807, 2.05) is 0 Å². The Morgan fingerprint density at radius 2 is 2.07 bits per heavy atom. The van der Waals surface area contributed by atoms with Crippen LogP contribution in [0.5, 0.6) is 0 Å². The Balaban J connectivity index is 3.03. The number of aryl methyl sites for hydroxylation is 1. The predicted octanol–water partition coefficient (Wildman–Crippen LogP) is 2.74. The van der Waals surface area contributed by atoms with Gasteiger partial charge in [0.05, 0.1) is 4.47 Å². The molecule has 0 unspecified atom stereocenters. The summed E-state index contributed by atoms with van der Waals surface area (Å²) >= 11 is 3.08. The molecule has 0 spiro atoms. The number of H-pyrrole nitrogens is 1. The zero-order valence-electron chi connectivity index (χ0n) is 7.40. The van der Waals surface area contributed by atoms with Crippen LogP contribution in [0.25, 0.3) is 10.8 Å². The first-order valence-corrected chi connectivity index (χ1v) is 4.86. The smallest absolute Gasteiger partial charge is 0.256 e. The molecule has 0 atom stereocenters. The molecule has 14 heavy (non-hydrogen) atoms. The van der Waals surface area contributed by atoms with Crippen LogP contribution in [0, 0.1) is 12.7 Å². The van der Waals surface area contributed by atoms with E-state index in [0.29, 0.717) is 20.9 Å². The summed E-state index contributed by atoms with van der Waals surface area (Å²) in [6.45, 7) is 1.72. The third-order valence-corrected chi connectivity index (χ3v) is 2.66. The minimum absolute atomic E-state index is 0.258. The Morgan fingerprint density at radius 1 is 1.36 bits per heavy atom. The molecule has 1 heterocycles. The van der Waals surface area contributed by atoms with Crippen LogP contribution in [0.2, 0.25) is 0 Å². The number of halogens is 2. The molecule has 1 aromatic carbocycles. The molecule has 0 amide bonds. The van der Waals surface area contributed by atoms with Crippen LogP contribution >= 0.6 is 15.9 Å². The number of rotatable bonds is 0. The van der Waals surface area contributed by atoms with E-state index in [9.17, 15) is 9.18 Å². The Kier molecular flexibility index (Phi) is 2.15. The Morgan fingerprint density at radius 3 is 2.79 bits per heavy atom. The Labute approximate surface area is 87.9 Å². The fourth-order valence-corrected chi connectivity index (χ4v) is 1.75. The Bertz CT molecular complexity index is 562. The van der Waals surface area contributed by atoms with Crippen molar-refractivity contribution in [1.29, 1.82) is 0 Å². The zero-order valence-corrected chi connectivity index (χ0v) is 8.98. The summed E-state index contributed by atoms with van der Waals surface area (Å²) < 4.78 is 13.9. The van der Waals surface area contributed by atoms with Gasteiger partial charge in [0, 0.05) is 16.5 Å². The highest BCUT2D eigenvalue weighted by Crippen LogP contribution is 2.22. The van der Waals surface area contributed by atoms with Crippen LogP contribution < -0.4 is 5.56 Å². The molecule has 2 rings (SSSR count). The van der Waals surface area contributed by atoms with Gasteiger partial charge in [0.2, 0.25) is 0 Å². The molecule has 2 aromatic rings. The minimum Gasteiger partial charge on any atom is -0.326 e. The molecule has 1 N–H and O–H groups in total. The lowest BCUT2D eigenvalue weighted by molar-refractivity contribution is 0.633. The molecular formula is C10H7BrFNO. The maximum Gasteiger partial charge on any atom is 0.256 e. The van der Waals surface area contributed by atoms with Gasteiger partial charge in [0.15, 0.2) is 0 Å². The van der Waals surface area contributed by atoms with Crippen LogP contribution in [0.3, 0.4) is 0 Å². The van der Waals surface area contributed by atoms with Crippen molar-refractivity contribution in [3.63, 3.8) is 0 Å². The van der Waals surface area contributed by atoms with E-state index in [1.54, 1.807) is 19.1 Å². The summed E-state index contributed by atoms with van der Waals surface area (Å²) in [7, 11) is 0. The van der Waals surface area contributed by atoms with Crippen LogP contribution in [0.15, 0.2) is 27.5 Å². The lowest BCUT2D eigenvalue weighted by Crippen LogP contribution is -2.07. The highest BCUT2D eigenvalue weighted by atomic mass is 79.9. The van der Waals surface area contributed by atoms with Crippen molar-refractivity contribution in [2.75, 3.05) is 0 Å². The van der Waals surface area contributed by atoms with Gasteiger partial charge in [-0.1, -0.05) is 0 Å². The second kappa shape index (κ2) is 3.20. The highest BCUT2D eigenvalue weighted by Gasteiger charge is 2.07. The van der Waals surface area contributed by atoms with Gasteiger partial charge in [-0.15, -0.1) is 0 Å². The summed E-state index contributed by atoms with van der Waals surface area (Å²) in [5.74, 6) is -0.392. The lowest BCUT2D eigenvalue weighted by Gasteiger charge is -2.01. The first kappa shape index (κ1) is 9.40. The van der Waals surface area contributed by atoms with E-state index < -0.39 is 5.82 Å². The number of nitrogens with one attached hydrogen (secondary N) is 1. The van der Waals surface area contributed by atoms with E-state index >= 15 is 0 Å². The molecule has 0 aliphatic rings. The number of aromatic nitrogens is 1. The molecule has 0 aliphatic carbocycles. The SMILES string of the molecule is Cc1cc2c(F)c(Br)ccc2c(=O)[nH]1. The number of aromatic amines is 1. The van der Waals surface area contributed by atoms with E-state index in [4.69, 9.17) is 0 Å². The summed E-state index contributed by atoms with van der Waals surface area (Å²) in [5, 5.41) is 0.719. The Hall–Kier alpha value is -1.16. The second-order valence-corrected chi connectivity index (χ2v) is 3.96. The van der Waals surface area contributed by atoms with Crippen LogP contribution in [-0.4, -0.2) is 4.98 Å². The first-order chi connectivity index (χ1) is 6.59. The molecule has 0 aliphatic heterocycles. The summed E-state index contributed by atoms with van der Waals surface area (Å²) in [6.07, 6.45) is 0. The molecule has 4 heteroatoms. The van der Waals surface area contributed by atoms with Gasteiger partial charge < -0.3 is 4.98 Å². The third kappa shape index (κ3) is 1.35. The molecule has 1 aromatic heterocycles. The first-order valence-electron chi connectivity index (χ1n) is 4.07. The number of benzene rings is 1. The molecule has 2 nitrogen and oxygen atoms in total. The minimum atomic E-state index is -0.392. The summed E-state index contributed by atoms with van der Waals surface area (Å²) in [5.41, 5.74) is 0.394. The van der Waals surface area contributed by atoms with Gasteiger partial charge in [-0.05, 0) is 41.1 Å². The van der Waals surface area contributed by atoms with Crippen LogP contribution in [0.1, 0.15) is 5.69 Å². The largest absolute Gasteiger partial charge is 0.326 e. The fourth-order valence-electron chi connectivity index (χ4n) is 1.40. The zero-order chi connectivity index (χ0) is 10.3. The van der Waals surface area contributed by atoms with Crippen LogP contribution in [-0.2, 0) is 0 Å². The molecular weight excluding hydrogens is 249 g/mol. The molecule has 0 saturated heterocycles. The van der Waals surface area contributed by atoms with Gasteiger partial charge >= 0.3 is 0 Å². The van der Waals surface area contributed by atoms with Crippen molar-refractivity contribution in [3.05, 3.63) is 44.5 Å². The van der Waals surface area contributed by atoms with Crippen LogP contribution in [0.4, 0.5) is 4.39 Å². The number of hydrogen-bond acceptors (Lipinski definition) is 1. The van der Waals surface area contributed by atoms with E-state index in [0.717, 1.165) is 0 Å². The highest BCUT2D eigenvalue weighted by molar-refractivity contribution is 9.10. The second-order valence-electron chi connectivity index (χ2n) is 3.10. The molecule has 0 bridgehead atoms. The number of hydrogen-bond donors (Lipinski definition) is 1. The van der Waals surface area contributed by atoms with E-state index in [2.05, 4.69) is 20.9 Å². The summed E-state index contributed by atoms with van der Waals surface area (Å²) in [6, 6.07) is 4.75. The maximum atomic E-state index is 13.6. The number of fused-ring (bicyclic) bond motifs is 1. The van der Waals surface area contributed by atoms with Gasteiger partial charge in [-0.2, -0.15) is 0 Å². The van der Waals surface area contributed by atoms with Crippen molar-refractivity contribution < 1.29 is 4.39 Å².